The number of benzene rings is 1. The van der Waals surface area contributed by atoms with Crippen molar-refractivity contribution in [1.29, 1.82) is 0 Å². The number of carbonyl (C=O) groups is 1. The van der Waals surface area contributed by atoms with Crippen molar-refractivity contribution in [3.63, 3.8) is 0 Å². The Morgan fingerprint density at radius 2 is 1.96 bits per heavy atom. The molecule has 1 amide bonds. The fourth-order valence-corrected chi connectivity index (χ4v) is 2.52. The third-order valence-corrected chi connectivity index (χ3v) is 3.92. The molecule has 2 aromatic heterocycles. The van der Waals surface area contributed by atoms with Crippen LogP contribution in [0.25, 0.3) is 11.5 Å². The Hall–Kier alpha value is -3.52. The van der Waals surface area contributed by atoms with Crippen LogP contribution < -0.4 is 10.9 Å². The van der Waals surface area contributed by atoms with Crippen molar-refractivity contribution in [2.75, 3.05) is 13.7 Å². The molecule has 0 radical (unpaired) electrons. The fourth-order valence-electron chi connectivity index (χ4n) is 2.52. The summed E-state index contributed by atoms with van der Waals surface area (Å²) >= 11 is 0. The van der Waals surface area contributed by atoms with Gasteiger partial charge in [-0.2, -0.15) is 0 Å². The molecule has 1 atom stereocenters. The van der Waals surface area contributed by atoms with Crippen LogP contribution in [0.1, 0.15) is 22.2 Å². The second kappa shape index (κ2) is 8.24. The van der Waals surface area contributed by atoms with Crippen molar-refractivity contribution in [2.24, 2.45) is 0 Å². The first-order chi connectivity index (χ1) is 13.1. The molecule has 138 valence electrons. The molecule has 3 aromatic rings. The normalized spacial score (nSPS) is 11.7. The van der Waals surface area contributed by atoms with Gasteiger partial charge < -0.3 is 20.1 Å². The van der Waals surface area contributed by atoms with E-state index in [-0.39, 0.29) is 24.2 Å². The molecule has 0 spiro atoms. The lowest BCUT2D eigenvalue weighted by molar-refractivity contribution is 0.0821. The third-order valence-electron chi connectivity index (χ3n) is 3.92. The maximum atomic E-state index is 12.5. The molecule has 27 heavy (non-hydrogen) atoms. The van der Waals surface area contributed by atoms with E-state index in [1.165, 1.54) is 13.3 Å². The van der Waals surface area contributed by atoms with Crippen LogP contribution in [0, 0.1) is 0 Å². The minimum atomic E-state index is -0.817. The van der Waals surface area contributed by atoms with Crippen molar-refractivity contribution in [3.8, 4) is 17.3 Å². The standard InChI is InChI=1S/C19H18N4O4/c1-27-14(12-7-3-2-4-8-12)11-21-18(25)15-16(24)19(26)23-17(22-15)13-9-5-6-10-20-13/h2-10,14,24H,11H2,1H3,(H,21,25)(H,22,23,26). The van der Waals surface area contributed by atoms with Crippen LogP contribution in [0.15, 0.2) is 59.5 Å². The first kappa shape index (κ1) is 18.3. The molecule has 0 fully saturated rings. The molecule has 0 aliphatic heterocycles. The number of aromatic nitrogens is 3. The number of nitrogens with zero attached hydrogens (tertiary/aromatic N) is 2. The zero-order chi connectivity index (χ0) is 19.2. The number of ether oxygens (including phenoxy) is 1. The van der Waals surface area contributed by atoms with Gasteiger partial charge in [-0.05, 0) is 17.7 Å². The lowest BCUT2D eigenvalue weighted by Gasteiger charge is -2.16. The molecule has 0 aliphatic rings. The predicted octanol–water partition coefficient (Wildman–Crippen LogP) is 1.66. The number of aromatic amines is 1. The van der Waals surface area contributed by atoms with Crippen LogP contribution >= 0.6 is 0 Å². The molecule has 0 aliphatic carbocycles. The first-order valence-electron chi connectivity index (χ1n) is 8.20. The monoisotopic (exact) mass is 366 g/mol. The number of H-pyrrole nitrogens is 1. The van der Waals surface area contributed by atoms with E-state index in [2.05, 4.69) is 20.3 Å². The van der Waals surface area contributed by atoms with E-state index in [1.54, 1.807) is 18.2 Å². The Morgan fingerprint density at radius 3 is 2.63 bits per heavy atom. The number of hydrogen-bond acceptors (Lipinski definition) is 6. The van der Waals surface area contributed by atoms with Crippen molar-refractivity contribution >= 4 is 5.91 Å². The van der Waals surface area contributed by atoms with Crippen LogP contribution in [0.2, 0.25) is 0 Å². The van der Waals surface area contributed by atoms with E-state index in [9.17, 15) is 14.7 Å². The highest BCUT2D eigenvalue weighted by Crippen LogP contribution is 2.17. The maximum absolute atomic E-state index is 12.5. The topological polar surface area (TPSA) is 117 Å². The number of hydrogen-bond donors (Lipinski definition) is 3. The predicted molar refractivity (Wildman–Crippen MR) is 98.3 cm³/mol. The highest BCUT2D eigenvalue weighted by atomic mass is 16.5. The highest BCUT2D eigenvalue weighted by molar-refractivity contribution is 5.95. The van der Waals surface area contributed by atoms with Gasteiger partial charge in [0.05, 0.1) is 6.10 Å². The van der Waals surface area contributed by atoms with E-state index in [0.717, 1.165) is 5.56 Å². The summed E-state index contributed by atoms with van der Waals surface area (Å²) in [7, 11) is 1.53. The number of aromatic hydroxyl groups is 1. The Labute approximate surface area is 154 Å². The number of rotatable bonds is 6. The maximum Gasteiger partial charge on any atom is 0.294 e. The van der Waals surface area contributed by atoms with Gasteiger partial charge in [-0.15, -0.1) is 0 Å². The van der Waals surface area contributed by atoms with Gasteiger partial charge >= 0.3 is 0 Å². The van der Waals surface area contributed by atoms with Gasteiger partial charge in [0.15, 0.2) is 11.5 Å². The molecular weight excluding hydrogens is 348 g/mol. The van der Waals surface area contributed by atoms with Gasteiger partial charge in [0, 0.05) is 19.9 Å². The van der Waals surface area contributed by atoms with Crippen LogP contribution in [0.5, 0.6) is 5.75 Å². The van der Waals surface area contributed by atoms with Crippen molar-refractivity contribution < 1.29 is 14.6 Å². The largest absolute Gasteiger partial charge is 0.501 e. The van der Waals surface area contributed by atoms with E-state index in [4.69, 9.17) is 4.74 Å². The second-order valence-corrected chi connectivity index (χ2v) is 5.67. The smallest absolute Gasteiger partial charge is 0.294 e. The lowest BCUT2D eigenvalue weighted by atomic mass is 10.1. The van der Waals surface area contributed by atoms with E-state index in [1.807, 2.05) is 30.3 Å². The summed E-state index contributed by atoms with van der Waals surface area (Å²) in [5.41, 5.74) is 0.0738. The first-order valence-corrected chi connectivity index (χ1v) is 8.20. The Balaban J connectivity index is 1.82. The molecule has 0 saturated heterocycles. The summed E-state index contributed by atoms with van der Waals surface area (Å²) in [6.45, 7) is 0.145. The van der Waals surface area contributed by atoms with Gasteiger partial charge in [-0.3, -0.25) is 14.6 Å². The highest BCUT2D eigenvalue weighted by Gasteiger charge is 2.20. The van der Waals surface area contributed by atoms with Gasteiger partial charge in [0.25, 0.3) is 11.5 Å². The number of carbonyl (C=O) groups excluding carboxylic acids is 1. The number of nitrogens with one attached hydrogen (secondary N) is 2. The number of amides is 1. The van der Waals surface area contributed by atoms with Gasteiger partial charge in [0.1, 0.15) is 5.69 Å². The lowest BCUT2D eigenvalue weighted by Crippen LogP contribution is -2.31. The van der Waals surface area contributed by atoms with E-state index in [0.29, 0.717) is 5.69 Å². The van der Waals surface area contributed by atoms with Gasteiger partial charge in [-0.25, -0.2) is 4.98 Å². The molecule has 8 heteroatoms. The average Bonchev–Trinajstić information content (AvgIpc) is 2.71. The SMILES string of the molecule is COC(CNC(=O)c1nc(-c2ccccn2)[nH]c(=O)c1O)c1ccccc1. The molecule has 0 bridgehead atoms. The number of pyridine rings is 1. The summed E-state index contributed by atoms with van der Waals surface area (Å²) in [5.74, 6) is -1.34. The molecule has 2 heterocycles. The summed E-state index contributed by atoms with van der Waals surface area (Å²) in [4.78, 5) is 35.0. The Kier molecular flexibility index (Phi) is 5.58. The van der Waals surface area contributed by atoms with Crippen molar-refractivity contribution in [2.45, 2.75) is 6.10 Å². The molecule has 0 saturated carbocycles. The minimum absolute atomic E-state index is 0.0925. The molecule has 3 N–H and O–H groups in total. The summed E-state index contributed by atoms with van der Waals surface area (Å²) in [6, 6.07) is 14.4. The van der Waals surface area contributed by atoms with E-state index >= 15 is 0 Å². The summed E-state index contributed by atoms with van der Waals surface area (Å²) in [5, 5.41) is 12.6. The van der Waals surface area contributed by atoms with Crippen LogP contribution in [-0.2, 0) is 4.74 Å². The van der Waals surface area contributed by atoms with Gasteiger partial charge in [-0.1, -0.05) is 36.4 Å². The van der Waals surface area contributed by atoms with Crippen molar-refractivity contribution in [1.82, 2.24) is 20.3 Å². The Morgan fingerprint density at radius 1 is 1.22 bits per heavy atom. The number of methoxy groups -OCH3 is 1. The second-order valence-electron chi connectivity index (χ2n) is 5.67. The van der Waals surface area contributed by atoms with Crippen LogP contribution in [0.3, 0.4) is 0 Å². The zero-order valence-corrected chi connectivity index (χ0v) is 14.5. The third kappa shape index (κ3) is 4.18. The zero-order valence-electron chi connectivity index (χ0n) is 14.5. The van der Waals surface area contributed by atoms with Gasteiger partial charge in [0.2, 0.25) is 5.75 Å². The Bertz CT molecular complexity index is 974. The average molecular weight is 366 g/mol. The summed E-state index contributed by atoms with van der Waals surface area (Å²) in [6.07, 6.45) is 1.15. The summed E-state index contributed by atoms with van der Waals surface area (Å²) < 4.78 is 5.39. The van der Waals surface area contributed by atoms with Crippen LogP contribution in [-0.4, -0.2) is 39.6 Å². The molecule has 3 rings (SSSR count). The van der Waals surface area contributed by atoms with Crippen LogP contribution in [0.4, 0.5) is 0 Å². The molecule has 1 aromatic carbocycles. The quantitative estimate of drug-likeness (QED) is 0.611. The van der Waals surface area contributed by atoms with E-state index < -0.39 is 17.2 Å². The fraction of sp³-hybridized carbons (Fsp3) is 0.158. The van der Waals surface area contributed by atoms with Crippen molar-refractivity contribution in [3.05, 3.63) is 76.3 Å². The molecule has 8 nitrogen and oxygen atoms in total. The minimum Gasteiger partial charge on any atom is -0.501 e. The molecular formula is C19H18N4O4. The molecule has 1 unspecified atom stereocenters.